The molecule has 3 aromatic heterocycles. The van der Waals surface area contributed by atoms with Crippen LogP contribution >= 0.6 is 11.3 Å². The van der Waals surface area contributed by atoms with E-state index in [0.29, 0.717) is 17.3 Å². The summed E-state index contributed by atoms with van der Waals surface area (Å²) in [5, 5.41) is 1.92. The van der Waals surface area contributed by atoms with E-state index in [9.17, 15) is 8.42 Å². The summed E-state index contributed by atoms with van der Waals surface area (Å²) in [6.07, 6.45) is 3.17. The Morgan fingerprint density at radius 1 is 1.18 bits per heavy atom. The van der Waals surface area contributed by atoms with Crippen LogP contribution in [0.2, 0.25) is 0 Å². The Morgan fingerprint density at radius 3 is 2.75 bits per heavy atom. The molecule has 0 saturated heterocycles. The molecule has 0 atom stereocenters. The summed E-state index contributed by atoms with van der Waals surface area (Å²) in [7, 11) is -3.72. The standard InChI is InChI=1S/C20H19N3O3S2/c1-13-6-7-14(2)17(11-13)23-9-8-21-20(23)28(24,25)12-16-15(3)26-19(22-16)18-5-4-10-27-18/h4-11H,12H2,1-3H3. The van der Waals surface area contributed by atoms with Gasteiger partial charge in [0.1, 0.15) is 11.5 Å². The van der Waals surface area contributed by atoms with Crippen LogP contribution in [0.15, 0.2) is 57.7 Å². The van der Waals surface area contributed by atoms with Crippen LogP contribution in [0, 0.1) is 20.8 Å². The van der Waals surface area contributed by atoms with Gasteiger partial charge in [-0.15, -0.1) is 11.3 Å². The predicted molar refractivity (Wildman–Crippen MR) is 108 cm³/mol. The number of oxazole rings is 1. The third-order valence-corrected chi connectivity index (χ3v) is 6.83. The van der Waals surface area contributed by atoms with Crippen LogP contribution in [0.5, 0.6) is 0 Å². The van der Waals surface area contributed by atoms with Crippen LogP contribution in [0.4, 0.5) is 0 Å². The molecule has 28 heavy (non-hydrogen) atoms. The first kappa shape index (κ1) is 18.6. The molecule has 144 valence electrons. The molecule has 0 aliphatic heterocycles. The number of aryl methyl sites for hydroxylation is 3. The van der Waals surface area contributed by atoms with E-state index >= 15 is 0 Å². The van der Waals surface area contributed by atoms with Gasteiger partial charge in [0.2, 0.25) is 20.9 Å². The highest BCUT2D eigenvalue weighted by atomic mass is 32.2. The van der Waals surface area contributed by atoms with Crippen molar-refractivity contribution >= 4 is 21.2 Å². The van der Waals surface area contributed by atoms with Gasteiger partial charge in [0, 0.05) is 12.4 Å². The molecule has 0 aliphatic rings. The van der Waals surface area contributed by atoms with Gasteiger partial charge in [-0.3, -0.25) is 4.57 Å². The zero-order chi connectivity index (χ0) is 19.9. The Bertz CT molecular complexity index is 1240. The Balaban J connectivity index is 1.71. The summed E-state index contributed by atoms with van der Waals surface area (Å²) in [5.41, 5.74) is 3.22. The maximum absolute atomic E-state index is 13.1. The second-order valence-corrected chi connectivity index (χ2v) is 9.46. The minimum atomic E-state index is -3.72. The van der Waals surface area contributed by atoms with Crippen LogP contribution < -0.4 is 0 Å². The third-order valence-electron chi connectivity index (χ3n) is 4.46. The number of sulfone groups is 1. The van der Waals surface area contributed by atoms with Gasteiger partial charge >= 0.3 is 0 Å². The van der Waals surface area contributed by atoms with Gasteiger partial charge in [-0.05, 0) is 49.4 Å². The molecule has 0 spiro atoms. The van der Waals surface area contributed by atoms with Crippen LogP contribution in [0.3, 0.4) is 0 Å². The van der Waals surface area contributed by atoms with Crippen molar-refractivity contribution in [3.8, 4) is 16.5 Å². The Hall–Kier alpha value is -2.71. The van der Waals surface area contributed by atoms with Gasteiger partial charge in [0.15, 0.2) is 0 Å². The van der Waals surface area contributed by atoms with Crippen molar-refractivity contribution in [2.75, 3.05) is 0 Å². The van der Waals surface area contributed by atoms with Crippen molar-refractivity contribution in [3.63, 3.8) is 0 Å². The van der Waals surface area contributed by atoms with Crippen LogP contribution in [-0.4, -0.2) is 23.0 Å². The second-order valence-electron chi connectivity index (χ2n) is 6.63. The summed E-state index contributed by atoms with van der Waals surface area (Å²) in [4.78, 5) is 9.41. The number of imidazole rings is 1. The Labute approximate surface area is 167 Å². The van der Waals surface area contributed by atoms with Crippen molar-refractivity contribution in [1.82, 2.24) is 14.5 Å². The molecule has 0 bridgehead atoms. The molecule has 0 aliphatic carbocycles. The van der Waals surface area contributed by atoms with Gasteiger partial charge in [0.25, 0.3) is 0 Å². The molecule has 0 unspecified atom stereocenters. The SMILES string of the molecule is Cc1ccc(C)c(-n2ccnc2S(=O)(=O)Cc2nc(-c3cccs3)oc2C)c1. The monoisotopic (exact) mass is 413 g/mol. The van der Waals surface area contributed by atoms with E-state index < -0.39 is 9.84 Å². The lowest BCUT2D eigenvalue weighted by atomic mass is 10.1. The van der Waals surface area contributed by atoms with E-state index in [0.717, 1.165) is 21.7 Å². The molecular weight excluding hydrogens is 394 g/mol. The first-order valence-electron chi connectivity index (χ1n) is 8.69. The number of thiophene rings is 1. The summed E-state index contributed by atoms with van der Waals surface area (Å²) < 4.78 is 33.6. The zero-order valence-corrected chi connectivity index (χ0v) is 17.3. The fourth-order valence-electron chi connectivity index (χ4n) is 2.99. The van der Waals surface area contributed by atoms with E-state index in [-0.39, 0.29) is 10.9 Å². The maximum atomic E-state index is 13.1. The van der Waals surface area contributed by atoms with Crippen molar-refractivity contribution in [1.29, 1.82) is 0 Å². The molecule has 1 aromatic carbocycles. The smallest absolute Gasteiger partial charge is 0.236 e. The number of hydrogen-bond donors (Lipinski definition) is 0. The van der Waals surface area contributed by atoms with Crippen molar-refractivity contribution in [2.24, 2.45) is 0 Å². The highest BCUT2D eigenvalue weighted by Crippen LogP contribution is 2.28. The van der Waals surface area contributed by atoms with E-state index in [1.165, 1.54) is 17.5 Å². The van der Waals surface area contributed by atoms with Crippen LogP contribution in [0.25, 0.3) is 16.5 Å². The molecule has 8 heteroatoms. The fourth-order valence-corrected chi connectivity index (χ4v) is 5.08. The third kappa shape index (κ3) is 3.41. The average Bonchev–Trinajstić information content (AvgIpc) is 3.38. The van der Waals surface area contributed by atoms with Crippen LogP contribution in [0.1, 0.15) is 22.6 Å². The molecule has 6 nitrogen and oxygen atoms in total. The molecule has 0 N–H and O–H groups in total. The summed E-state index contributed by atoms with van der Waals surface area (Å²) in [5.74, 6) is 0.669. The fraction of sp³-hybridized carbons (Fsp3) is 0.200. The highest BCUT2D eigenvalue weighted by molar-refractivity contribution is 7.90. The van der Waals surface area contributed by atoms with E-state index in [2.05, 4.69) is 9.97 Å². The number of hydrogen-bond acceptors (Lipinski definition) is 6. The van der Waals surface area contributed by atoms with Crippen molar-refractivity contribution in [3.05, 3.63) is 70.7 Å². The van der Waals surface area contributed by atoms with Gasteiger partial charge in [-0.25, -0.2) is 18.4 Å². The van der Waals surface area contributed by atoms with Gasteiger partial charge in [-0.2, -0.15) is 0 Å². The van der Waals surface area contributed by atoms with E-state index in [1.807, 2.05) is 49.6 Å². The molecule has 0 fully saturated rings. The average molecular weight is 414 g/mol. The molecule has 4 rings (SSSR count). The maximum Gasteiger partial charge on any atom is 0.236 e. The first-order chi connectivity index (χ1) is 13.3. The van der Waals surface area contributed by atoms with Gasteiger partial charge < -0.3 is 4.42 Å². The Kier molecular flexibility index (Phi) is 4.68. The van der Waals surface area contributed by atoms with Crippen molar-refractivity contribution < 1.29 is 12.8 Å². The first-order valence-corrected chi connectivity index (χ1v) is 11.2. The van der Waals surface area contributed by atoms with E-state index in [1.54, 1.807) is 17.7 Å². The minimum Gasteiger partial charge on any atom is -0.440 e. The molecule has 0 radical (unpaired) electrons. The quantitative estimate of drug-likeness (QED) is 0.482. The normalized spacial score (nSPS) is 11.8. The Morgan fingerprint density at radius 2 is 2.00 bits per heavy atom. The lowest BCUT2D eigenvalue weighted by Gasteiger charge is -2.11. The van der Waals surface area contributed by atoms with Crippen LogP contribution in [-0.2, 0) is 15.6 Å². The second kappa shape index (κ2) is 7.03. The van der Waals surface area contributed by atoms with Gasteiger partial charge in [-0.1, -0.05) is 18.2 Å². The lowest BCUT2D eigenvalue weighted by molar-refractivity contribution is 0.540. The summed E-state index contributed by atoms with van der Waals surface area (Å²) in [6, 6.07) is 9.70. The largest absolute Gasteiger partial charge is 0.440 e. The lowest BCUT2D eigenvalue weighted by Crippen LogP contribution is -2.13. The number of benzene rings is 1. The zero-order valence-electron chi connectivity index (χ0n) is 15.7. The number of rotatable bonds is 5. The molecular formula is C20H19N3O3S2. The van der Waals surface area contributed by atoms with Crippen molar-refractivity contribution in [2.45, 2.75) is 31.7 Å². The molecule has 0 saturated carbocycles. The predicted octanol–water partition coefficient (Wildman–Crippen LogP) is 4.49. The minimum absolute atomic E-state index is 0.00118. The summed E-state index contributed by atoms with van der Waals surface area (Å²) in [6.45, 7) is 5.64. The number of nitrogens with zero attached hydrogens (tertiary/aromatic N) is 3. The number of aromatic nitrogens is 3. The highest BCUT2D eigenvalue weighted by Gasteiger charge is 2.26. The topological polar surface area (TPSA) is 78.0 Å². The van der Waals surface area contributed by atoms with E-state index in [4.69, 9.17) is 4.42 Å². The molecule has 3 heterocycles. The summed E-state index contributed by atoms with van der Waals surface area (Å²) >= 11 is 1.49. The molecule has 0 amide bonds. The van der Waals surface area contributed by atoms with Gasteiger partial charge in [0.05, 0.1) is 16.3 Å². The molecule has 4 aromatic rings.